The second-order valence-corrected chi connectivity index (χ2v) is 7.75. The predicted octanol–water partition coefficient (Wildman–Crippen LogP) is 2.75. The molecule has 0 aromatic heterocycles. The highest BCUT2D eigenvalue weighted by Crippen LogP contribution is 2.35. The number of hydrogen-bond donors (Lipinski definition) is 1. The van der Waals surface area contributed by atoms with Gasteiger partial charge in [-0.2, -0.15) is 0 Å². The van der Waals surface area contributed by atoms with Crippen molar-refractivity contribution in [1.82, 2.24) is 15.1 Å². The Bertz CT molecular complexity index is 604. The number of rotatable bonds is 3. The summed E-state index contributed by atoms with van der Waals surface area (Å²) in [5, 5.41) is 3.26. The Morgan fingerprint density at radius 2 is 1.77 bits per heavy atom. The molecule has 1 aromatic rings. The molecule has 3 aliphatic heterocycles. The topological polar surface area (TPSA) is 44.8 Å². The highest BCUT2D eigenvalue weighted by Gasteiger charge is 2.39. The van der Waals surface area contributed by atoms with Crippen LogP contribution >= 0.6 is 0 Å². The molecule has 5 nitrogen and oxygen atoms in total. The van der Waals surface area contributed by atoms with Gasteiger partial charge in [0.25, 0.3) is 0 Å². The number of carbonyl (C=O) groups is 1. The van der Waals surface area contributed by atoms with E-state index in [-0.39, 0.29) is 17.9 Å². The molecule has 2 amide bonds. The van der Waals surface area contributed by atoms with Gasteiger partial charge in [0.2, 0.25) is 0 Å². The van der Waals surface area contributed by atoms with Crippen molar-refractivity contribution in [3.05, 3.63) is 35.6 Å². The maximum absolute atomic E-state index is 13.2. The second-order valence-electron chi connectivity index (χ2n) is 7.75. The average Bonchev–Trinajstić information content (AvgIpc) is 2.65. The number of nitrogens with zero attached hydrogens (tertiary/aromatic N) is 2. The molecule has 0 spiro atoms. The maximum atomic E-state index is 13.2. The van der Waals surface area contributed by atoms with Crippen LogP contribution in [0.2, 0.25) is 0 Å². The minimum Gasteiger partial charge on any atom is -0.378 e. The van der Waals surface area contributed by atoms with Crippen LogP contribution < -0.4 is 5.32 Å². The van der Waals surface area contributed by atoms with Crippen molar-refractivity contribution in [3.8, 4) is 0 Å². The summed E-state index contributed by atoms with van der Waals surface area (Å²) in [7, 11) is 0. The van der Waals surface area contributed by atoms with Crippen LogP contribution in [0.5, 0.6) is 0 Å². The highest BCUT2D eigenvalue weighted by molar-refractivity contribution is 5.74. The van der Waals surface area contributed by atoms with Crippen molar-refractivity contribution in [3.63, 3.8) is 0 Å². The van der Waals surface area contributed by atoms with Crippen LogP contribution in [0.15, 0.2) is 24.3 Å². The average molecular weight is 361 g/mol. The lowest BCUT2D eigenvalue weighted by molar-refractivity contribution is 0.0160. The number of carbonyl (C=O) groups excluding carboxylic acids is 1. The minimum absolute atomic E-state index is 0.0587. The van der Waals surface area contributed by atoms with Crippen LogP contribution in [0.4, 0.5) is 9.18 Å². The van der Waals surface area contributed by atoms with Gasteiger partial charge in [-0.05, 0) is 43.4 Å². The number of amides is 2. The molecule has 1 N–H and O–H groups in total. The summed E-state index contributed by atoms with van der Waals surface area (Å²) in [5.41, 5.74) is 1.17. The first kappa shape index (κ1) is 17.7. The third kappa shape index (κ3) is 4.01. The number of nitrogens with one attached hydrogen (secondary N) is 1. The molecule has 3 atom stereocenters. The first-order chi connectivity index (χ1) is 12.7. The van der Waals surface area contributed by atoms with Crippen LogP contribution in [0, 0.1) is 5.82 Å². The van der Waals surface area contributed by atoms with E-state index in [4.69, 9.17) is 4.74 Å². The van der Waals surface area contributed by atoms with Gasteiger partial charge in [-0.1, -0.05) is 18.6 Å². The Hall–Kier alpha value is -1.66. The predicted molar refractivity (Wildman–Crippen MR) is 97.3 cm³/mol. The smallest absolute Gasteiger partial charge is 0.317 e. The summed E-state index contributed by atoms with van der Waals surface area (Å²) < 4.78 is 18.5. The van der Waals surface area contributed by atoms with Gasteiger partial charge in [-0.25, -0.2) is 9.18 Å². The fraction of sp³-hybridized carbons (Fsp3) is 0.650. The van der Waals surface area contributed by atoms with Crippen molar-refractivity contribution in [2.24, 2.45) is 0 Å². The molecule has 1 aromatic carbocycles. The first-order valence-electron chi connectivity index (χ1n) is 9.82. The van der Waals surface area contributed by atoms with E-state index < -0.39 is 0 Å². The highest BCUT2D eigenvalue weighted by atomic mass is 19.1. The van der Waals surface area contributed by atoms with Crippen LogP contribution in [-0.2, 0) is 11.3 Å². The molecule has 26 heavy (non-hydrogen) atoms. The van der Waals surface area contributed by atoms with Crippen molar-refractivity contribution >= 4 is 6.03 Å². The van der Waals surface area contributed by atoms with Crippen molar-refractivity contribution in [1.29, 1.82) is 0 Å². The molecule has 3 aliphatic rings. The number of fused-ring (bicyclic) bond motifs is 2. The van der Waals surface area contributed by atoms with Crippen molar-refractivity contribution in [2.75, 3.05) is 26.3 Å². The SMILES string of the molecule is O=C(NC1C[C@H]2CCC[C@@H](C1)N2Cc1ccc(F)cc1)N1CCOCC1. The number of piperidine rings is 2. The number of ether oxygens (including phenoxy) is 1. The fourth-order valence-electron chi connectivity index (χ4n) is 4.69. The van der Waals surface area contributed by atoms with Crippen LogP contribution in [-0.4, -0.2) is 60.3 Å². The maximum Gasteiger partial charge on any atom is 0.317 e. The number of urea groups is 1. The summed E-state index contributed by atoms with van der Waals surface area (Å²) in [4.78, 5) is 16.9. The molecule has 2 bridgehead atoms. The summed E-state index contributed by atoms with van der Waals surface area (Å²) in [6.45, 7) is 3.51. The molecule has 0 aliphatic carbocycles. The van der Waals surface area contributed by atoms with E-state index in [0.717, 1.165) is 19.4 Å². The Labute approximate surface area is 154 Å². The molecular weight excluding hydrogens is 333 g/mol. The summed E-state index contributed by atoms with van der Waals surface area (Å²) >= 11 is 0. The van der Waals surface area contributed by atoms with Gasteiger partial charge in [0.15, 0.2) is 0 Å². The molecule has 3 fully saturated rings. The quantitative estimate of drug-likeness (QED) is 0.900. The Balaban J connectivity index is 1.36. The van der Waals surface area contributed by atoms with Gasteiger partial charge in [0.1, 0.15) is 5.82 Å². The third-order valence-electron chi connectivity index (χ3n) is 6.03. The largest absolute Gasteiger partial charge is 0.378 e. The van der Waals surface area contributed by atoms with E-state index in [1.54, 1.807) is 12.1 Å². The summed E-state index contributed by atoms with van der Waals surface area (Å²) in [5.74, 6) is -0.182. The first-order valence-corrected chi connectivity index (χ1v) is 9.82. The molecular formula is C20H28FN3O2. The monoisotopic (exact) mass is 361 g/mol. The molecule has 142 valence electrons. The van der Waals surface area contributed by atoms with E-state index in [1.165, 1.54) is 24.8 Å². The van der Waals surface area contributed by atoms with Gasteiger partial charge in [-0.3, -0.25) is 4.90 Å². The fourth-order valence-corrected chi connectivity index (χ4v) is 4.69. The Kier molecular flexibility index (Phi) is 5.41. The molecule has 6 heteroatoms. The number of morpholine rings is 1. The lowest BCUT2D eigenvalue weighted by atomic mass is 9.81. The van der Waals surface area contributed by atoms with Crippen molar-refractivity contribution < 1.29 is 13.9 Å². The standard InChI is InChI=1S/C20H28FN3O2/c21-16-6-4-15(5-7-16)14-24-18-2-1-3-19(24)13-17(12-18)22-20(25)23-8-10-26-11-9-23/h4-7,17-19H,1-3,8-14H2,(H,22,25)/t17?,18-,19+. The van der Waals surface area contributed by atoms with Gasteiger partial charge < -0.3 is 15.0 Å². The van der Waals surface area contributed by atoms with Crippen molar-refractivity contribution in [2.45, 2.75) is 56.8 Å². The Morgan fingerprint density at radius 3 is 2.42 bits per heavy atom. The van der Waals surface area contributed by atoms with E-state index in [9.17, 15) is 9.18 Å². The molecule has 1 unspecified atom stereocenters. The zero-order valence-corrected chi connectivity index (χ0v) is 15.2. The lowest BCUT2D eigenvalue weighted by Crippen LogP contribution is -2.58. The molecule has 0 radical (unpaired) electrons. The van der Waals surface area contributed by atoms with Gasteiger partial charge in [0.05, 0.1) is 13.2 Å². The summed E-state index contributed by atoms with van der Waals surface area (Å²) in [6, 6.07) is 8.17. The Morgan fingerprint density at radius 1 is 1.12 bits per heavy atom. The normalized spacial score (nSPS) is 29.4. The molecule has 3 saturated heterocycles. The zero-order valence-electron chi connectivity index (χ0n) is 15.2. The van der Waals surface area contributed by atoms with Crippen LogP contribution in [0.25, 0.3) is 0 Å². The lowest BCUT2D eigenvalue weighted by Gasteiger charge is -2.49. The van der Waals surface area contributed by atoms with E-state index in [0.29, 0.717) is 38.4 Å². The van der Waals surface area contributed by atoms with E-state index in [1.807, 2.05) is 17.0 Å². The minimum atomic E-state index is -0.182. The zero-order chi connectivity index (χ0) is 17.9. The molecule has 4 rings (SSSR count). The second kappa shape index (κ2) is 7.92. The van der Waals surface area contributed by atoms with Gasteiger partial charge >= 0.3 is 6.03 Å². The van der Waals surface area contributed by atoms with E-state index >= 15 is 0 Å². The third-order valence-corrected chi connectivity index (χ3v) is 6.03. The number of benzene rings is 1. The molecule has 3 heterocycles. The van der Waals surface area contributed by atoms with Gasteiger partial charge in [0, 0.05) is 37.8 Å². The van der Waals surface area contributed by atoms with E-state index in [2.05, 4.69) is 10.2 Å². The number of halogens is 1. The molecule has 0 saturated carbocycles. The van der Waals surface area contributed by atoms with Crippen LogP contribution in [0.1, 0.15) is 37.7 Å². The number of hydrogen-bond acceptors (Lipinski definition) is 3. The summed E-state index contributed by atoms with van der Waals surface area (Å²) in [6.07, 6.45) is 5.64. The van der Waals surface area contributed by atoms with Gasteiger partial charge in [-0.15, -0.1) is 0 Å². The van der Waals surface area contributed by atoms with Crippen LogP contribution in [0.3, 0.4) is 0 Å².